The van der Waals surface area contributed by atoms with Crippen LogP contribution in [0.1, 0.15) is 25.0 Å². The maximum atomic E-state index is 12.6. The smallest absolute Gasteiger partial charge is 0.241 e. The summed E-state index contributed by atoms with van der Waals surface area (Å²) >= 11 is 0. The van der Waals surface area contributed by atoms with E-state index in [0.29, 0.717) is 0 Å². The topological polar surface area (TPSA) is 35.6 Å². The number of nitrogens with one attached hydrogen (secondary N) is 1. The van der Waals surface area contributed by atoms with E-state index in [1.54, 1.807) is 0 Å². The molecule has 1 fully saturated rings. The minimum atomic E-state index is -0.125. The zero-order chi connectivity index (χ0) is 18.5. The van der Waals surface area contributed by atoms with Crippen LogP contribution in [-0.2, 0) is 11.2 Å². The third-order valence-electron chi connectivity index (χ3n) is 5.24. The van der Waals surface area contributed by atoms with Crippen molar-refractivity contribution in [2.75, 3.05) is 36.4 Å². The van der Waals surface area contributed by atoms with Crippen LogP contribution < -0.4 is 10.2 Å². The van der Waals surface area contributed by atoms with Gasteiger partial charge in [-0.1, -0.05) is 31.2 Å². The maximum absolute atomic E-state index is 12.6. The molecule has 1 heterocycles. The molecule has 3 rings (SSSR count). The zero-order valence-electron chi connectivity index (χ0n) is 16.0. The molecule has 1 amide bonds. The summed E-state index contributed by atoms with van der Waals surface area (Å²) in [5, 5.41) is 3.05. The highest BCUT2D eigenvalue weighted by Crippen LogP contribution is 2.19. The van der Waals surface area contributed by atoms with E-state index in [1.165, 1.54) is 16.8 Å². The highest BCUT2D eigenvalue weighted by molar-refractivity contribution is 5.94. The molecule has 1 saturated heterocycles. The maximum Gasteiger partial charge on any atom is 0.241 e. The number of hydrogen-bond acceptors (Lipinski definition) is 3. The first-order chi connectivity index (χ1) is 12.6. The van der Waals surface area contributed by atoms with Gasteiger partial charge in [0.2, 0.25) is 5.91 Å². The summed E-state index contributed by atoms with van der Waals surface area (Å²) in [7, 11) is 0. The number of piperazine rings is 1. The third-order valence-corrected chi connectivity index (χ3v) is 5.24. The zero-order valence-corrected chi connectivity index (χ0v) is 16.0. The van der Waals surface area contributed by atoms with Gasteiger partial charge in [0.25, 0.3) is 0 Å². The second kappa shape index (κ2) is 8.37. The van der Waals surface area contributed by atoms with E-state index in [0.717, 1.165) is 38.3 Å². The minimum Gasteiger partial charge on any atom is -0.369 e. The van der Waals surface area contributed by atoms with E-state index in [2.05, 4.69) is 65.4 Å². The fourth-order valence-corrected chi connectivity index (χ4v) is 3.43. The number of aryl methyl sites for hydroxylation is 2. The van der Waals surface area contributed by atoms with Gasteiger partial charge in [-0.05, 0) is 55.7 Å². The standard InChI is InChI=1S/C22H29N3O/c1-4-19-8-10-20(11-9-19)23-22(26)18(3)24-12-14-25(15-13-24)21-7-5-6-17(2)16-21/h5-11,16,18H,4,12-15H2,1-3H3,(H,23,26)/t18-/m0/s1. The Hall–Kier alpha value is -2.33. The lowest BCUT2D eigenvalue weighted by molar-refractivity contribution is -0.120. The Morgan fingerprint density at radius 1 is 1.08 bits per heavy atom. The van der Waals surface area contributed by atoms with E-state index in [4.69, 9.17) is 0 Å². The molecule has 0 aromatic heterocycles. The first kappa shape index (κ1) is 18.5. The van der Waals surface area contributed by atoms with Crippen LogP contribution in [0.25, 0.3) is 0 Å². The lowest BCUT2D eigenvalue weighted by atomic mass is 10.1. The van der Waals surface area contributed by atoms with E-state index >= 15 is 0 Å². The van der Waals surface area contributed by atoms with Gasteiger partial charge >= 0.3 is 0 Å². The van der Waals surface area contributed by atoms with Crippen molar-refractivity contribution >= 4 is 17.3 Å². The average Bonchev–Trinajstić information content (AvgIpc) is 2.68. The Morgan fingerprint density at radius 3 is 2.38 bits per heavy atom. The molecule has 2 aromatic rings. The number of carbonyl (C=O) groups excluding carboxylic acids is 1. The van der Waals surface area contributed by atoms with E-state index in [1.807, 2.05) is 19.1 Å². The Morgan fingerprint density at radius 2 is 1.77 bits per heavy atom. The van der Waals surface area contributed by atoms with Crippen LogP contribution in [0.5, 0.6) is 0 Å². The molecule has 0 radical (unpaired) electrons. The van der Waals surface area contributed by atoms with Gasteiger partial charge in [-0.25, -0.2) is 0 Å². The summed E-state index contributed by atoms with van der Waals surface area (Å²) in [5.41, 5.74) is 4.71. The molecule has 1 atom stereocenters. The minimum absolute atomic E-state index is 0.0678. The van der Waals surface area contributed by atoms with Crippen LogP contribution in [-0.4, -0.2) is 43.0 Å². The number of anilines is 2. The normalized spacial score (nSPS) is 16.3. The highest BCUT2D eigenvalue weighted by atomic mass is 16.2. The van der Waals surface area contributed by atoms with Gasteiger partial charge in [0.05, 0.1) is 6.04 Å². The summed E-state index contributed by atoms with van der Waals surface area (Å²) in [5.74, 6) is 0.0678. The molecule has 0 aliphatic carbocycles. The van der Waals surface area contributed by atoms with Crippen molar-refractivity contribution in [2.24, 2.45) is 0 Å². The predicted octanol–water partition coefficient (Wildman–Crippen LogP) is 3.71. The molecule has 2 aromatic carbocycles. The molecule has 1 N–H and O–H groups in total. The molecule has 0 spiro atoms. The molecule has 0 unspecified atom stereocenters. The van der Waals surface area contributed by atoms with Crippen LogP contribution in [0.3, 0.4) is 0 Å². The summed E-state index contributed by atoms with van der Waals surface area (Å²) < 4.78 is 0. The Labute approximate surface area is 156 Å². The molecule has 1 aliphatic heterocycles. The highest BCUT2D eigenvalue weighted by Gasteiger charge is 2.25. The molecule has 4 heteroatoms. The number of carbonyl (C=O) groups is 1. The lowest BCUT2D eigenvalue weighted by Gasteiger charge is -2.38. The average molecular weight is 351 g/mol. The molecule has 1 aliphatic rings. The number of amides is 1. The van der Waals surface area contributed by atoms with Crippen molar-refractivity contribution < 1.29 is 4.79 Å². The number of rotatable bonds is 5. The predicted molar refractivity (Wildman–Crippen MR) is 109 cm³/mol. The molecule has 4 nitrogen and oxygen atoms in total. The van der Waals surface area contributed by atoms with Crippen molar-refractivity contribution in [3.8, 4) is 0 Å². The van der Waals surface area contributed by atoms with Crippen molar-refractivity contribution in [3.05, 3.63) is 59.7 Å². The molecule has 26 heavy (non-hydrogen) atoms. The Balaban J connectivity index is 1.53. The van der Waals surface area contributed by atoms with Crippen molar-refractivity contribution in [2.45, 2.75) is 33.2 Å². The summed E-state index contributed by atoms with van der Waals surface area (Å²) in [6.45, 7) is 9.95. The van der Waals surface area contributed by atoms with Gasteiger partial charge in [-0.15, -0.1) is 0 Å². The van der Waals surface area contributed by atoms with Crippen LogP contribution >= 0.6 is 0 Å². The van der Waals surface area contributed by atoms with E-state index < -0.39 is 0 Å². The van der Waals surface area contributed by atoms with Crippen molar-refractivity contribution in [3.63, 3.8) is 0 Å². The van der Waals surface area contributed by atoms with E-state index in [-0.39, 0.29) is 11.9 Å². The van der Waals surface area contributed by atoms with Gasteiger partial charge in [-0.2, -0.15) is 0 Å². The summed E-state index contributed by atoms with van der Waals surface area (Å²) in [6, 6.07) is 16.6. The van der Waals surface area contributed by atoms with Crippen LogP contribution in [0.2, 0.25) is 0 Å². The van der Waals surface area contributed by atoms with Crippen LogP contribution in [0.4, 0.5) is 11.4 Å². The SMILES string of the molecule is CCc1ccc(NC(=O)[C@H](C)N2CCN(c3cccc(C)c3)CC2)cc1. The van der Waals surface area contributed by atoms with Gasteiger partial charge in [-0.3, -0.25) is 9.69 Å². The van der Waals surface area contributed by atoms with Gasteiger partial charge in [0.1, 0.15) is 0 Å². The number of hydrogen-bond donors (Lipinski definition) is 1. The Kier molecular flexibility index (Phi) is 5.94. The fourth-order valence-electron chi connectivity index (χ4n) is 3.43. The summed E-state index contributed by atoms with van der Waals surface area (Å²) in [6.07, 6.45) is 1.01. The van der Waals surface area contributed by atoms with Crippen LogP contribution in [0.15, 0.2) is 48.5 Å². The number of benzene rings is 2. The molecule has 0 bridgehead atoms. The third kappa shape index (κ3) is 4.44. The van der Waals surface area contributed by atoms with Gasteiger partial charge < -0.3 is 10.2 Å². The van der Waals surface area contributed by atoms with Crippen LogP contribution in [0, 0.1) is 6.92 Å². The first-order valence-corrected chi connectivity index (χ1v) is 9.52. The van der Waals surface area contributed by atoms with Crippen molar-refractivity contribution in [1.82, 2.24) is 4.90 Å². The lowest BCUT2D eigenvalue weighted by Crippen LogP contribution is -2.52. The largest absolute Gasteiger partial charge is 0.369 e. The fraction of sp³-hybridized carbons (Fsp3) is 0.409. The van der Waals surface area contributed by atoms with Gasteiger partial charge in [0, 0.05) is 37.6 Å². The second-order valence-corrected chi connectivity index (χ2v) is 7.08. The molecule has 138 valence electrons. The van der Waals surface area contributed by atoms with Gasteiger partial charge in [0.15, 0.2) is 0 Å². The summed E-state index contributed by atoms with van der Waals surface area (Å²) in [4.78, 5) is 17.3. The Bertz CT molecular complexity index is 733. The first-order valence-electron chi connectivity index (χ1n) is 9.52. The molecular formula is C22H29N3O. The molecular weight excluding hydrogens is 322 g/mol. The monoisotopic (exact) mass is 351 g/mol. The molecule has 0 saturated carbocycles. The number of nitrogens with zero attached hydrogens (tertiary/aromatic N) is 2. The quantitative estimate of drug-likeness (QED) is 0.892. The second-order valence-electron chi connectivity index (χ2n) is 7.08. The van der Waals surface area contributed by atoms with E-state index in [9.17, 15) is 4.79 Å². The van der Waals surface area contributed by atoms with Crippen molar-refractivity contribution in [1.29, 1.82) is 0 Å².